The van der Waals surface area contributed by atoms with E-state index in [0.717, 1.165) is 15.9 Å². The highest BCUT2D eigenvalue weighted by Gasteiger charge is 2.31. The third-order valence-electron chi connectivity index (χ3n) is 3.31. The Bertz CT molecular complexity index is 376. The summed E-state index contributed by atoms with van der Waals surface area (Å²) in [6.07, 6.45) is 0.263. The SMILES string of the molecule is Cc1nn(C)c(CC(C)(CN)C(C)O)c1Br. The van der Waals surface area contributed by atoms with Gasteiger partial charge in [-0.25, -0.2) is 0 Å². The first-order valence-corrected chi connectivity index (χ1v) is 6.17. The Kier molecular flexibility index (Phi) is 4.15. The van der Waals surface area contributed by atoms with Crippen LogP contribution in [0.15, 0.2) is 4.47 Å². The second-order valence-corrected chi connectivity index (χ2v) is 5.47. The van der Waals surface area contributed by atoms with Gasteiger partial charge in [-0.1, -0.05) is 6.92 Å². The smallest absolute Gasteiger partial charge is 0.0738 e. The molecule has 0 aliphatic heterocycles. The zero-order chi connectivity index (χ0) is 12.5. The van der Waals surface area contributed by atoms with E-state index in [1.807, 2.05) is 25.6 Å². The van der Waals surface area contributed by atoms with Crippen LogP contribution in [0.4, 0.5) is 0 Å². The lowest BCUT2D eigenvalue weighted by atomic mass is 9.80. The third-order valence-corrected chi connectivity index (χ3v) is 4.34. The molecule has 0 fully saturated rings. The maximum Gasteiger partial charge on any atom is 0.0738 e. The van der Waals surface area contributed by atoms with Gasteiger partial charge >= 0.3 is 0 Å². The molecule has 0 spiro atoms. The lowest BCUT2D eigenvalue weighted by Crippen LogP contribution is -2.40. The molecule has 0 aliphatic rings. The Hall–Kier alpha value is -0.390. The summed E-state index contributed by atoms with van der Waals surface area (Å²) in [6, 6.07) is 0. The van der Waals surface area contributed by atoms with Crippen LogP contribution in [0.3, 0.4) is 0 Å². The maximum atomic E-state index is 9.80. The van der Waals surface area contributed by atoms with Crippen LogP contribution >= 0.6 is 15.9 Å². The summed E-state index contributed by atoms with van der Waals surface area (Å²) in [7, 11) is 1.91. The van der Waals surface area contributed by atoms with Crippen molar-refractivity contribution in [2.75, 3.05) is 6.54 Å². The summed E-state index contributed by atoms with van der Waals surface area (Å²) in [5.41, 5.74) is 7.48. The number of aliphatic hydroxyl groups excluding tert-OH is 1. The second kappa shape index (κ2) is 4.85. The van der Waals surface area contributed by atoms with Gasteiger partial charge in [0, 0.05) is 19.0 Å². The Morgan fingerprint density at radius 2 is 2.19 bits per heavy atom. The normalized spacial score (nSPS) is 17.2. The number of nitrogens with two attached hydrogens (primary N) is 1. The van der Waals surface area contributed by atoms with Gasteiger partial charge in [-0.2, -0.15) is 5.10 Å². The minimum atomic E-state index is -0.445. The molecule has 3 N–H and O–H groups in total. The third kappa shape index (κ3) is 2.47. The van der Waals surface area contributed by atoms with Crippen LogP contribution in [-0.4, -0.2) is 27.5 Å². The van der Waals surface area contributed by atoms with Crippen LogP contribution in [0.1, 0.15) is 25.2 Å². The molecule has 0 bridgehead atoms. The highest BCUT2D eigenvalue weighted by Crippen LogP contribution is 2.30. The van der Waals surface area contributed by atoms with Crippen LogP contribution in [-0.2, 0) is 13.5 Å². The van der Waals surface area contributed by atoms with E-state index in [0.29, 0.717) is 13.0 Å². The fraction of sp³-hybridized carbons (Fsp3) is 0.727. The van der Waals surface area contributed by atoms with Crippen LogP contribution in [0, 0.1) is 12.3 Å². The summed E-state index contributed by atoms with van der Waals surface area (Å²) >= 11 is 3.53. The Labute approximate surface area is 105 Å². The van der Waals surface area contributed by atoms with Crippen molar-refractivity contribution in [3.63, 3.8) is 0 Å². The molecule has 1 aromatic rings. The molecule has 92 valence electrons. The molecule has 2 atom stereocenters. The molecular formula is C11H20BrN3O. The van der Waals surface area contributed by atoms with Crippen LogP contribution in [0.25, 0.3) is 0 Å². The number of hydrogen-bond donors (Lipinski definition) is 2. The molecule has 1 rings (SSSR count). The Balaban J connectivity index is 3.03. The van der Waals surface area contributed by atoms with E-state index in [9.17, 15) is 5.11 Å². The standard InChI is InChI=1S/C11H20BrN3O/c1-7-10(12)9(15(4)14-7)5-11(3,6-13)8(2)16/h8,16H,5-6,13H2,1-4H3. The summed E-state index contributed by atoms with van der Waals surface area (Å²) in [5, 5.41) is 14.1. The molecule has 0 saturated carbocycles. The van der Waals surface area contributed by atoms with Gasteiger partial charge in [0.15, 0.2) is 0 Å². The number of rotatable bonds is 4. The fourth-order valence-corrected chi connectivity index (χ4v) is 2.12. The predicted molar refractivity (Wildman–Crippen MR) is 68.2 cm³/mol. The lowest BCUT2D eigenvalue weighted by Gasteiger charge is -2.31. The summed E-state index contributed by atoms with van der Waals surface area (Å²) in [6.45, 7) is 6.17. The number of hydrogen-bond acceptors (Lipinski definition) is 3. The van der Waals surface area contributed by atoms with Crippen molar-refractivity contribution in [2.45, 2.75) is 33.3 Å². The molecule has 16 heavy (non-hydrogen) atoms. The molecule has 0 aromatic carbocycles. The zero-order valence-electron chi connectivity index (χ0n) is 10.3. The van der Waals surface area contributed by atoms with Gasteiger partial charge < -0.3 is 10.8 Å². The van der Waals surface area contributed by atoms with Crippen LogP contribution in [0.2, 0.25) is 0 Å². The van der Waals surface area contributed by atoms with Crippen molar-refractivity contribution in [3.8, 4) is 0 Å². The van der Waals surface area contributed by atoms with E-state index in [-0.39, 0.29) is 5.41 Å². The zero-order valence-corrected chi connectivity index (χ0v) is 11.9. The number of aromatic nitrogens is 2. The van der Waals surface area contributed by atoms with Crippen molar-refractivity contribution >= 4 is 15.9 Å². The van der Waals surface area contributed by atoms with Crippen molar-refractivity contribution < 1.29 is 5.11 Å². The fourth-order valence-electron chi connectivity index (χ4n) is 1.65. The van der Waals surface area contributed by atoms with E-state index < -0.39 is 6.10 Å². The molecule has 2 unspecified atom stereocenters. The average Bonchev–Trinajstić information content (AvgIpc) is 2.44. The lowest BCUT2D eigenvalue weighted by molar-refractivity contribution is 0.0574. The predicted octanol–water partition coefficient (Wildman–Crippen LogP) is 1.38. The monoisotopic (exact) mass is 289 g/mol. The molecule has 4 nitrogen and oxygen atoms in total. The van der Waals surface area contributed by atoms with E-state index in [4.69, 9.17) is 5.73 Å². The average molecular weight is 290 g/mol. The molecule has 0 radical (unpaired) electrons. The largest absolute Gasteiger partial charge is 0.393 e. The first kappa shape index (κ1) is 13.7. The molecule has 0 aliphatic carbocycles. The van der Waals surface area contributed by atoms with Gasteiger partial charge in [-0.15, -0.1) is 0 Å². The molecule has 5 heteroatoms. The second-order valence-electron chi connectivity index (χ2n) is 4.68. The van der Waals surface area contributed by atoms with Gasteiger partial charge in [0.1, 0.15) is 0 Å². The van der Waals surface area contributed by atoms with Crippen LogP contribution in [0.5, 0.6) is 0 Å². The van der Waals surface area contributed by atoms with Gasteiger partial charge in [0.2, 0.25) is 0 Å². The topological polar surface area (TPSA) is 64.1 Å². The molecule has 0 amide bonds. The summed E-state index contributed by atoms with van der Waals surface area (Å²) < 4.78 is 2.85. The Morgan fingerprint density at radius 3 is 2.50 bits per heavy atom. The minimum absolute atomic E-state index is 0.317. The van der Waals surface area contributed by atoms with Crippen molar-refractivity contribution in [3.05, 3.63) is 15.9 Å². The van der Waals surface area contributed by atoms with E-state index >= 15 is 0 Å². The molecule has 0 saturated heterocycles. The quantitative estimate of drug-likeness (QED) is 0.880. The van der Waals surface area contributed by atoms with Crippen molar-refractivity contribution in [1.29, 1.82) is 0 Å². The summed E-state index contributed by atoms with van der Waals surface area (Å²) in [4.78, 5) is 0. The number of aryl methyl sites for hydroxylation is 2. The van der Waals surface area contributed by atoms with Crippen LogP contribution < -0.4 is 5.73 Å². The first-order chi connectivity index (χ1) is 7.31. The van der Waals surface area contributed by atoms with Gasteiger partial charge in [-0.05, 0) is 36.2 Å². The molecule has 1 heterocycles. The number of aliphatic hydroxyl groups is 1. The Morgan fingerprint density at radius 1 is 1.62 bits per heavy atom. The highest BCUT2D eigenvalue weighted by molar-refractivity contribution is 9.10. The van der Waals surface area contributed by atoms with Crippen molar-refractivity contribution in [1.82, 2.24) is 9.78 Å². The van der Waals surface area contributed by atoms with Gasteiger partial charge in [-0.3, -0.25) is 4.68 Å². The van der Waals surface area contributed by atoms with E-state index in [1.54, 1.807) is 6.92 Å². The minimum Gasteiger partial charge on any atom is -0.393 e. The number of halogens is 1. The maximum absolute atomic E-state index is 9.80. The highest BCUT2D eigenvalue weighted by atomic mass is 79.9. The van der Waals surface area contributed by atoms with E-state index in [1.165, 1.54) is 0 Å². The number of nitrogens with zero attached hydrogens (tertiary/aromatic N) is 2. The van der Waals surface area contributed by atoms with Gasteiger partial charge in [0.25, 0.3) is 0 Å². The van der Waals surface area contributed by atoms with Gasteiger partial charge in [0.05, 0.1) is 22.0 Å². The molecule has 1 aromatic heterocycles. The summed E-state index contributed by atoms with van der Waals surface area (Å²) in [5.74, 6) is 0. The van der Waals surface area contributed by atoms with Crippen molar-refractivity contribution in [2.24, 2.45) is 18.2 Å². The van der Waals surface area contributed by atoms with E-state index in [2.05, 4.69) is 21.0 Å². The first-order valence-electron chi connectivity index (χ1n) is 5.38. The molecular weight excluding hydrogens is 270 g/mol.